The molecule has 1 aliphatic heterocycles. The van der Waals surface area contributed by atoms with Gasteiger partial charge < -0.3 is 5.32 Å². The summed E-state index contributed by atoms with van der Waals surface area (Å²) in [6.45, 7) is 0. The number of imide groups is 1. The number of carbonyl (C=O) groups is 3. The minimum Gasteiger partial charge on any atom is -0.314 e. The van der Waals surface area contributed by atoms with Gasteiger partial charge in [0.1, 0.15) is 0 Å². The predicted molar refractivity (Wildman–Crippen MR) is 116 cm³/mol. The number of benzene rings is 3. The van der Waals surface area contributed by atoms with Crippen molar-refractivity contribution in [2.24, 2.45) is 0 Å². The number of thiazole rings is 1. The first-order valence-corrected chi connectivity index (χ1v) is 10.4. The van der Waals surface area contributed by atoms with E-state index >= 15 is 0 Å². The van der Waals surface area contributed by atoms with Gasteiger partial charge in [-0.2, -0.15) is 5.01 Å². The molecule has 2 heterocycles. The molecule has 8 heteroatoms. The lowest BCUT2D eigenvalue weighted by Gasteiger charge is -2.27. The second-order valence-corrected chi connectivity index (χ2v) is 7.91. The third-order valence-electron chi connectivity index (χ3n) is 5.24. The number of nitrogens with one attached hydrogen (secondary N) is 2. The summed E-state index contributed by atoms with van der Waals surface area (Å²) in [5, 5.41) is 3.55. The molecule has 0 aliphatic carbocycles. The molecule has 1 saturated heterocycles. The average molecular weight is 428 g/mol. The van der Waals surface area contributed by atoms with Crippen LogP contribution in [0.4, 0.5) is 4.79 Å². The van der Waals surface area contributed by atoms with Gasteiger partial charge in [-0.15, -0.1) is 11.3 Å². The average Bonchev–Trinajstić information content (AvgIpc) is 3.38. The Morgan fingerprint density at radius 1 is 0.935 bits per heavy atom. The quantitative estimate of drug-likeness (QED) is 0.487. The molecule has 0 spiro atoms. The number of carbonyl (C=O) groups excluding carboxylic acids is 3. The molecule has 152 valence electrons. The van der Waals surface area contributed by atoms with E-state index in [-0.39, 0.29) is 0 Å². The van der Waals surface area contributed by atoms with Crippen LogP contribution in [0.15, 0.2) is 84.4 Å². The Morgan fingerprint density at radius 3 is 2.23 bits per heavy atom. The number of aromatic nitrogens is 1. The molecular formula is C23H16N4O3S. The van der Waals surface area contributed by atoms with Gasteiger partial charge in [0.25, 0.3) is 11.8 Å². The van der Waals surface area contributed by atoms with Crippen LogP contribution < -0.4 is 10.7 Å². The van der Waals surface area contributed by atoms with Crippen molar-refractivity contribution in [3.63, 3.8) is 0 Å². The van der Waals surface area contributed by atoms with E-state index in [0.717, 1.165) is 15.2 Å². The number of fused-ring (bicyclic) bond motifs is 1. The molecule has 4 amide bonds. The molecule has 3 aromatic carbocycles. The van der Waals surface area contributed by atoms with Crippen LogP contribution in [0, 0.1) is 0 Å². The molecule has 5 rings (SSSR count). The highest BCUT2D eigenvalue weighted by atomic mass is 32.1. The highest BCUT2D eigenvalue weighted by Gasteiger charge is 2.54. The summed E-state index contributed by atoms with van der Waals surface area (Å²) >= 11 is 1.41. The molecular weight excluding hydrogens is 412 g/mol. The Kier molecular flexibility index (Phi) is 4.48. The van der Waals surface area contributed by atoms with Gasteiger partial charge >= 0.3 is 6.03 Å². The third kappa shape index (κ3) is 3.04. The lowest BCUT2D eigenvalue weighted by Crippen LogP contribution is -2.49. The van der Waals surface area contributed by atoms with Crippen molar-refractivity contribution in [3.05, 3.63) is 101 Å². The van der Waals surface area contributed by atoms with Crippen molar-refractivity contribution in [2.75, 3.05) is 0 Å². The molecule has 4 aromatic rings. The first-order valence-electron chi connectivity index (χ1n) is 9.51. The van der Waals surface area contributed by atoms with E-state index < -0.39 is 23.4 Å². The monoisotopic (exact) mass is 428 g/mol. The maximum Gasteiger partial charge on any atom is 0.344 e. The van der Waals surface area contributed by atoms with E-state index in [1.165, 1.54) is 11.3 Å². The van der Waals surface area contributed by atoms with Crippen LogP contribution in [-0.4, -0.2) is 27.8 Å². The number of hydrazine groups is 1. The van der Waals surface area contributed by atoms with Crippen LogP contribution in [0.25, 0.3) is 10.2 Å². The molecule has 1 aromatic heterocycles. The van der Waals surface area contributed by atoms with E-state index in [9.17, 15) is 14.4 Å². The number of urea groups is 1. The van der Waals surface area contributed by atoms with Crippen LogP contribution in [0.5, 0.6) is 0 Å². The van der Waals surface area contributed by atoms with E-state index in [1.54, 1.807) is 72.2 Å². The molecule has 1 fully saturated rings. The first-order chi connectivity index (χ1) is 15.1. The van der Waals surface area contributed by atoms with E-state index in [4.69, 9.17) is 0 Å². The third-order valence-corrected chi connectivity index (χ3v) is 6.03. The SMILES string of the molecule is O=C(NN1C(=O)NC(c2ccccc2)(c2ccccc2)C1=O)c1ccc2ncsc2c1. The molecule has 31 heavy (non-hydrogen) atoms. The normalized spacial score (nSPS) is 15.2. The van der Waals surface area contributed by atoms with Crippen molar-refractivity contribution < 1.29 is 14.4 Å². The Balaban J connectivity index is 1.51. The van der Waals surface area contributed by atoms with E-state index in [1.807, 2.05) is 12.1 Å². The van der Waals surface area contributed by atoms with Gasteiger partial charge in [-0.05, 0) is 29.3 Å². The Bertz CT molecular complexity index is 1260. The molecule has 7 nitrogen and oxygen atoms in total. The zero-order valence-electron chi connectivity index (χ0n) is 16.1. The molecule has 2 N–H and O–H groups in total. The first kappa shape index (κ1) is 19.0. The molecule has 0 saturated carbocycles. The fourth-order valence-electron chi connectivity index (χ4n) is 3.73. The van der Waals surface area contributed by atoms with Gasteiger partial charge in [0.2, 0.25) is 0 Å². The summed E-state index contributed by atoms with van der Waals surface area (Å²) in [6, 6.07) is 22.3. The van der Waals surface area contributed by atoms with E-state index in [0.29, 0.717) is 16.7 Å². The summed E-state index contributed by atoms with van der Waals surface area (Å²) in [5.74, 6) is -1.14. The molecule has 0 radical (unpaired) electrons. The zero-order valence-corrected chi connectivity index (χ0v) is 16.9. The minimum absolute atomic E-state index is 0.328. The number of amides is 4. The van der Waals surface area contributed by atoms with Crippen LogP contribution in [0.1, 0.15) is 21.5 Å². The summed E-state index contributed by atoms with van der Waals surface area (Å²) in [7, 11) is 0. The second kappa shape index (κ2) is 7.33. The highest BCUT2D eigenvalue weighted by Crippen LogP contribution is 2.35. The van der Waals surface area contributed by atoms with Crippen LogP contribution in [0.3, 0.4) is 0 Å². The molecule has 0 bridgehead atoms. The smallest absolute Gasteiger partial charge is 0.314 e. The Labute approximate surface area is 181 Å². The standard InChI is InChI=1S/C23H16N4O3S/c28-20(15-11-12-18-19(13-15)31-14-24-18)26-27-21(29)23(25-22(27)30,16-7-3-1-4-8-16)17-9-5-2-6-10-17/h1-14H,(H,25,30)(H,26,28). The minimum atomic E-state index is -1.44. The van der Waals surface area contributed by atoms with Gasteiger partial charge in [-0.25, -0.2) is 9.78 Å². The highest BCUT2D eigenvalue weighted by molar-refractivity contribution is 7.16. The van der Waals surface area contributed by atoms with Crippen LogP contribution >= 0.6 is 11.3 Å². The Morgan fingerprint density at radius 2 is 1.58 bits per heavy atom. The van der Waals surface area contributed by atoms with Crippen LogP contribution in [0.2, 0.25) is 0 Å². The number of rotatable bonds is 4. The van der Waals surface area contributed by atoms with E-state index in [2.05, 4.69) is 15.7 Å². The van der Waals surface area contributed by atoms with Crippen molar-refractivity contribution >= 4 is 39.4 Å². The molecule has 0 atom stereocenters. The number of nitrogens with zero attached hydrogens (tertiary/aromatic N) is 2. The predicted octanol–water partition coefficient (Wildman–Crippen LogP) is 3.44. The van der Waals surface area contributed by atoms with Crippen molar-refractivity contribution in [1.29, 1.82) is 0 Å². The lowest BCUT2D eigenvalue weighted by molar-refractivity contribution is -0.131. The zero-order chi connectivity index (χ0) is 21.4. The van der Waals surface area contributed by atoms with Gasteiger partial charge in [0.15, 0.2) is 5.54 Å². The van der Waals surface area contributed by atoms with Gasteiger partial charge in [0, 0.05) is 5.56 Å². The fraction of sp³-hybridized carbons (Fsp3) is 0.0435. The molecule has 1 aliphatic rings. The summed E-state index contributed by atoms with van der Waals surface area (Å²) in [5.41, 5.74) is 5.03. The maximum atomic E-state index is 13.6. The largest absolute Gasteiger partial charge is 0.344 e. The topological polar surface area (TPSA) is 91.4 Å². The molecule has 0 unspecified atom stereocenters. The maximum absolute atomic E-state index is 13.6. The van der Waals surface area contributed by atoms with Gasteiger partial charge in [-0.1, -0.05) is 60.7 Å². The van der Waals surface area contributed by atoms with Gasteiger partial charge in [0.05, 0.1) is 15.7 Å². The fourth-order valence-corrected chi connectivity index (χ4v) is 4.44. The summed E-state index contributed by atoms with van der Waals surface area (Å²) in [6.07, 6.45) is 0. The van der Waals surface area contributed by atoms with Crippen LogP contribution in [-0.2, 0) is 10.3 Å². The van der Waals surface area contributed by atoms with Gasteiger partial charge in [-0.3, -0.25) is 15.0 Å². The number of hydrogen-bond donors (Lipinski definition) is 2. The van der Waals surface area contributed by atoms with Crippen molar-refractivity contribution in [1.82, 2.24) is 20.7 Å². The number of hydrogen-bond acceptors (Lipinski definition) is 5. The lowest BCUT2D eigenvalue weighted by atomic mass is 9.83. The summed E-state index contributed by atoms with van der Waals surface area (Å²) < 4.78 is 0.841. The Hall–Kier alpha value is -4.04. The summed E-state index contributed by atoms with van der Waals surface area (Å²) in [4.78, 5) is 43.5. The van der Waals surface area contributed by atoms with Crippen molar-refractivity contribution in [3.8, 4) is 0 Å². The second-order valence-electron chi connectivity index (χ2n) is 7.03. The van der Waals surface area contributed by atoms with Crippen molar-refractivity contribution in [2.45, 2.75) is 5.54 Å².